The van der Waals surface area contributed by atoms with E-state index in [9.17, 15) is 14.3 Å². The van der Waals surface area contributed by atoms with E-state index < -0.39 is 5.60 Å². The molecule has 7 nitrogen and oxygen atoms in total. The van der Waals surface area contributed by atoms with E-state index in [4.69, 9.17) is 9.47 Å². The van der Waals surface area contributed by atoms with E-state index in [1.54, 1.807) is 55.0 Å². The minimum atomic E-state index is -0.938. The van der Waals surface area contributed by atoms with Gasteiger partial charge in [-0.15, -0.1) is 0 Å². The molecule has 2 saturated carbocycles. The molecule has 202 valence electrons. The highest BCUT2D eigenvalue weighted by Gasteiger charge is 2.54. The van der Waals surface area contributed by atoms with E-state index in [0.717, 1.165) is 37.0 Å². The number of ether oxygens (including phenoxy) is 2. The first-order valence-electron chi connectivity index (χ1n) is 13.3. The monoisotopic (exact) mass is 529 g/mol. The van der Waals surface area contributed by atoms with Gasteiger partial charge < -0.3 is 19.9 Å². The molecular weight excluding hydrogens is 497 g/mol. The van der Waals surface area contributed by atoms with E-state index >= 15 is 0 Å². The molecule has 8 heteroatoms. The lowest BCUT2D eigenvalue weighted by Crippen LogP contribution is -2.58. The minimum absolute atomic E-state index is 0.128. The summed E-state index contributed by atoms with van der Waals surface area (Å²) in [4.78, 5) is 13.0. The van der Waals surface area contributed by atoms with E-state index in [0.29, 0.717) is 22.4 Å². The van der Waals surface area contributed by atoms with Crippen LogP contribution in [-0.2, 0) is 0 Å². The third-order valence-electron chi connectivity index (χ3n) is 7.68. The second kappa shape index (κ2) is 9.68. The number of hydrogen-bond donors (Lipinski definition) is 2. The van der Waals surface area contributed by atoms with E-state index in [1.807, 2.05) is 30.3 Å². The molecule has 2 aliphatic carbocycles. The first-order chi connectivity index (χ1) is 18.7. The number of nitrogens with zero attached hydrogens (tertiary/aromatic N) is 2. The average Bonchev–Trinajstić information content (AvgIpc) is 3.29. The van der Waals surface area contributed by atoms with Gasteiger partial charge in [-0.05, 0) is 80.8 Å². The molecule has 0 unspecified atom stereocenters. The second-order valence-electron chi connectivity index (χ2n) is 11.6. The van der Waals surface area contributed by atoms with Gasteiger partial charge in [0.05, 0.1) is 35.2 Å². The Morgan fingerprint density at radius 1 is 1.08 bits per heavy atom. The van der Waals surface area contributed by atoms with Gasteiger partial charge in [0.1, 0.15) is 23.9 Å². The van der Waals surface area contributed by atoms with Crippen molar-refractivity contribution in [2.45, 2.75) is 57.3 Å². The number of carbonyl (C=O) groups excluding carboxylic acids is 1. The number of aliphatic hydroxyl groups is 1. The number of pyridine rings is 1. The van der Waals surface area contributed by atoms with E-state index in [-0.39, 0.29) is 35.9 Å². The fourth-order valence-electron chi connectivity index (χ4n) is 5.76. The SMILES string of the molecule is CC(C)(O)COc1ccc2c(C(=O)NC3CC4(C3)CC(Oc3ccc(-c5ccccc5F)cc3)C4)cnn2c1. The van der Waals surface area contributed by atoms with Gasteiger partial charge in [-0.25, -0.2) is 8.91 Å². The molecule has 0 saturated heterocycles. The number of hydrogen-bond acceptors (Lipinski definition) is 5. The van der Waals surface area contributed by atoms with Crippen molar-refractivity contribution in [3.63, 3.8) is 0 Å². The molecule has 0 radical (unpaired) electrons. The molecule has 2 aromatic carbocycles. The Hall–Kier alpha value is -3.91. The molecule has 2 N–H and O–H groups in total. The molecule has 2 fully saturated rings. The van der Waals surface area contributed by atoms with Crippen LogP contribution in [0.15, 0.2) is 73.1 Å². The van der Waals surface area contributed by atoms with Crippen molar-refractivity contribution >= 4 is 11.4 Å². The normalized spacial score (nSPS) is 22.3. The predicted molar refractivity (Wildman–Crippen MR) is 145 cm³/mol. The largest absolute Gasteiger partial charge is 0.490 e. The van der Waals surface area contributed by atoms with Gasteiger partial charge in [-0.1, -0.05) is 30.3 Å². The summed E-state index contributed by atoms with van der Waals surface area (Å²) in [5.41, 5.74) is 1.94. The lowest BCUT2D eigenvalue weighted by atomic mass is 9.53. The van der Waals surface area contributed by atoms with Crippen molar-refractivity contribution in [3.05, 3.63) is 84.4 Å². The summed E-state index contributed by atoms with van der Waals surface area (Å²) in [6.07, 6.45) is 7.27. The molecule has 0 aliphatic heterocycles. The van der Waals surface area contributed by atoms with Crippen LogP contribution < -0.4 is 14.8 Å². The first kappa shape index (κ1) is 25.4. The zero-order chi connectivity index (χ0) is 27.2. The average molecular weight is 530 g/mol. The lowest BCUT2D eigenvalue weighted by Gasteiger charge is -2.57. The highest BCUT2D eigenvalue weighted by Crippen LogP contribution is 2.56. The number of aromatic nitrogens is 2. The fourth-order valence-corrected chi connectivity index (χ4v) is 5.76. The molecule has 1 amide bonds. The highest BCUT2D eigenvalue weighted by molar-refractivity contribution is 6.00. The van der Waals surface area contributed by atoms with Crippen molar-refractivity contribution in [1.29, 1.82) is 0 Å². The molecule has 4 aromatic rings. The summed E-state index contributed by atoms with van der Waals surface area (Å²) in [6.45, 7) is 3.51. The van der Waals surface area contributed by atoms with Gasteiger partial charge >= 0.3 is 0 Å². The number of carbonyl (C=O) groups is 1. The van der Waals surface area contributed by atoms with Gasteiger partial charge in [-0.3, -0.25) is 4.79 Å². The maximum Gasteiger partial charge on any atom is 0.255 e. The maximum atomic E-state index is 14.0. The molecule has 2 aromatic heterocycles. The van der Waals surface area contributed by atoms with Crippen LogP contribution in [-0.4, -0.2) is 45.0 Å². The Labute approximate surface area is 226 Å². The second-order valence-corrected chi connectivity index (χ2v) is 11.6. The van der Waals surface area contributed by atoms with Crippen molar-refractivity contribution in [1.82, 2.24) is 14.9 Å². The van der Waals surface area contributed by atoms with Crippen molar-refractivity contribution in [2.75, 3.05) is 6.61 Å². The van der Waals surface area contributed by atoms with Crippen LogP contribution in [0.4, 0.5) is 4.39 Å². The molecule has 2 aliphatic rings. The number of halogens is 1. The maximum absolute atomic E-state index is 14.0. The standard InChI is InChI=1S/C31H32FN3O4/c1-30(2,37)19-38-23-11-12-28-26(17-33-35(28)18-23)29(36)34-21-13-31(14-21)15-24(16-31)39-22-9-7-20(8-10-22)25-5-3-4-6-27(25)32/h3-12,17-18,21,24,37H,13-16,19H2,1-2H3,(H,34,36). The molecule has 0 atom stereocenters. The zero-order valence-electron chi connectivity index (χ0n) is 22.1. The van der Waals surface area contributed by atoms with E-state index in [1.165, 1.54) is 6.07 Å². The van der Waals surface area contributed by atoms with Gasteiger partial charge in [0.2, 0.25) is 0 Å². The van der Waals surface area contributed by atoms with Crippen LogP contribution in [0.25, 0.3) is 16.6 Å². The molecule has 39 heavy (non-hydrogen) atoms. The molecular formula is C31H32FN3O4. The third kappa shape index (κ3) is 5.34. The highest BCUT2D eigenvalue weighted by atomic mass is 19.1. The first-order valence-corrected chi connectivity index (χ1v) is 13.3. The Bertz CT molecular complexity index is 1490. The molecule has 6 rings (SSSR count). The quantitative estimate of drug-likeness (QED) is 0.319. The number of fused-ring (bicyclic) bond motifs is 1. The summed E-state index contributed by atoms with van der Waals surface area (Å²) in [5, 5.41) is 17.3. The Balaban J connectivity index is 0.981. The number of amides is 1. The number of benzene rings is 2. The van der Waals surface area contributed by atoms with Gasteiger partial charge in [0.25, 0.3) is 5.91 Å². The van der Waals surface area contributed by atoms with Crippen LogP contribution in [0.5, 0.6) is 11.5 Å². The zero-order valence-corrected chi connectivity index (χ0v) is 22.1. The summed E-state index contributed by atoms with van der Waals surface area (Å²) in [6, 6.07) is 18.1. The smallest absolute Gasteiger partial charge is 0.255 e. The lowest BCUT2D eigenvalue weighted by molar-refractivity contribution is -0.0833. The number of rotatable bonds is 8. The predicted octanol–water partition coefficient (Wildman–Crippen LogP) is 5.41. The summed E-state index contributed by atoms with van der Waals surface area (Å²) >= 11 is 0. The number of nitrogens with one attached hydrogen (secondary N) is 1. The van der Waals surface area contributed by atoms with Crippen LogP contribution in [0, 0.1) is 11.2 Å². The fraction of sp³-hybridized carbons (Fsp3) is 0.355. The third-order valence-corrected chi connectivity index (χ3v) is 7.68. The summed E-state index contributed by atoms with van der Waals surface area (Å²) in [7, 11) is 0. The van der Waals surface area contributed by atoms with Crippen molar-refractivity contribution < 1.29 is 23.8 Å². The van der Waals surface area contributed by atoms with E-state index in [2.05, 4.69) is 10.4 Å². The topological polar surface area (TPSA) is 85.1 Å². The van der Waals surface area contributed by atoms with Gasteiger partial charge in [-0.2, -0.15) is 5.10 Å². The molecule has 1 spiro atoms. The van der Waals surface area contributed by atoms with Gasteiger partial charge in [0, 0.05) is 11.6 Å². The summed E-state index contributed by atoms with van der Waals surface area (Å²) < 4.78 is 27.4. The van der Waals surface area contributed by atoms with Crippen LogP contribution in [0.2, 0.25) is 0 Å². The van der Waals surface area contributed by atoms with Crippen molar-refractivity contribution in [3.8, 4) is 22.6 Å². The Kier molecular flexibility index (Phi) is 6.30. The summed E-state index contributed by atoms with van der Waals surface area (Å²) in [5.74, 6) is 1.00. The molecule has 0 bridgehead atoms. The van der Waals surface area contributed by atoms with Crippen LogP contribution in [0.1, 0.15) is 49.9 Å². The van der Waals surface area contributed by atoms with Crippen molar-refractivity contribution in [2.24, 2.45) is 5.41 Å². The molecule has 2 heterocycles. The van der Waals surface area contributed by atoms with Gasteiger partial charge in [0.15, 0.2) is 0 Å². The Morgan fingerprint density at radius 3 is 2.51 bits per heavy atom. The Morgan fingerprint density at radius 2 is 1.79 bits per heavy atom. The van der Waals surface area contributed by atoms with Crippen LogP contribution >= 0.6 is 0 Å². The minimum Gasteiger partial charge on any atom is -0.490 e. The van der Waals surface area contributed by atoms with Crippen LogP contribution in [0.3, 0.4) is 0 Å².